The van der Waals surface area contributed by atoms with Crippen molar-refractivity contribution in [3.05, 3.63) is 58.3 Å². The van der Waals surface area contributed by atoms with Crippen LogP contribution < -0.4 is 5.32 Å². The zero-order chi connectivity index (χ0) is 11.4. The summed E-state index contributed by atoms with van der Waals surface area (Å²) in [6.07, 6.45) is 3.62. The number of halogens is 1. The van der Waals surface area contributed by atoms with E-state index in [1.807, 2.05) is 24.5 Å². The predicted octanol–water partition coefficient (Wildman–Crippen LogP) is 3.76. The number of rotatable bonds is 3. The quantitative estimate of drug-likeness (QED) is 0.923. The molecular formula is C13H13BrN2. The summed E-state index contributed by atoms with van der Waals surface area (Å²) in [6, 6.07) is 10.3. The first-order valence-electron chi connectivity index (χ1n) is 5.14. The van der Waals surface area contributed by atoms with E-state index >= 15 is 0 Å². The third kappa shape index (κ3) is 2.83. The zero-order valence-electron chi connectivity index (χ0n) is 9.07. The van der Waals surface area contributed by atoms with Gasteiger partial charge in [-0.25, -0.2) is 0 Å². The first-order chi connectivity index (χ1) is 7.75. The Morgan fingerprint density at radius 1 is 1.19 bits per heavy atom. The number of nitrogens with zero attached hydrogens (tertiary/aromatic N) is 1. The molecule has 82 valence electrons. The Hall–Kier alpha value is -1.35. The third-order valence-electron chi connectivity index (χ3n) is 2.42. The number of nitrogens with one attached hydrogen (secondary N) is 1. The van der Waals surface area contributed by atoms with E-state index in [4.69, 9.17) is 0 Å². The van der Waals surface area contributed by atoms with Crippen LogP contribution in [0.1, 0.15) is 11.1 Å². The molecule has 0 saturated carbocycles. The fourth-order valence-electron chi connectivity index (χ4n) is 1.41. The fraction of sp³-hybridized carbons (Fsp3) is 0.154. The highest BCUT2D eigenvalue weighted by atomic mass is 79.9. The summed E-state index contributed by atoms with van der Waals surface area (Å²) in [7, 11) is 0. The Labute approximate surface area is 104 Å². The molecule has 0 aliphatic carbocycles. The number of pyridine rings is 1. The second-order valence-electron chi connectivity index (χ2n) is 3.67. The second kappa shape index (κ2) is 5.12. The summed E-state index contributed by atoms with van der Waals surface area (Å²) in [5, 5.41) is 3.37. The number of anilines is 1. The topological polar surface area (TPSA) is 24.9 Å². The van der Waals surface area contributed by atoms with Crippen LogP contribution in [0.3, 0.4) is 0 Å². The molecule has 0 saturated heterocycles. The van der Waals surface area contributed by atoms with E-state index in [0.717, 1.165) is 16.7 Å². The van der Waals surface area contributed by atoms with Gasteiger partial charge in [0.1, 0.15) is 0 Å². The Kier molecular flexibility index (Phi) is 3.57. The summed E-state index contributed by atoms with van der Waals surface area (Å²) in [5.74, 6) is 0. The number of aromatic nitrogens is 1. The average Bonchev–Trinajstić information content (AvgIpc) is 2.32. The molecule has 0 bridgehead atoms. The molecule has 1 heterocycles. The van der Waals surface area contributed by atoms with E-state index in [9.17, 15) is 0 Å². The van der Waals surface area contributed by atoms with Crippen LogP contribution in [0, 0.1) is 6.92 Å². The molecule has 1 aromatic carbocycles. The van der Waals surface area contributed by atoms with Crippen LogP contribution in [0.15, 0.2) is 47.2 Å². The van der Waals surface area contributed by atoms with Crippen molar-refractivity contribution in [2.24, 2.45) is 0 Å². The van der Waals surface area contributed by atoms with Crippen LogP contribution in [0.25, 0.3) is 0 Å². The minimum absolute atomic E-state index is 0.817. The predicted molar refractivity (Wildman–Crippen MR) is 70.4 cm³/mol. The van der Waals surface area contributed by atoms with Crippen LogP contribution in [0.5, 0.6) is 0 Å². The summed E-state index contributed by atoms with van der Waals surface area (Å²) < 4.78 is 1.13. The minimum atomic E-state index is 0.817. The van der Waals surface area contributed by atoms with Crippen LogP contribution >= 0.6 is 15.9 Å². The van der Waals surface area contributed by atoms with Gasteiger partial charge in [0.2, 0.25) is 0 Å². The maximum Gasteiger partial charge on any atom is 0.0401 e. The van der Waals surface area contributed by atoms with Gasteiger partial charge in [-0.15, -0.1) is 0 Å². The monoisotopic (exact) mass is 276 g/mol. The van der Waals surface area contributed by atoms with E-state index in [0.29, 0.717) is 0 Å². The van der Waals surface area contributed by atoms with Gasteiger partial charge < -0.3 is 5.32 Å². The minimum Gasteiger partial charge on any atom is -0.381 e. The molecule has 0 radical (unpaired) electrons. The van der Waals surface area contributed by atoms with Crippen molar-refractivity contribution in [2.75, 3.05) is 5.32 Å². The standard InChI is InChI=1S/C13H13BrN2/c1-10-2-3-12(8-13(10)14)16-9-11-4-6-15-7-5-11/h2-8,16H,9H2,1H3. The van der Waals surface area contributed by atoms with Gasteiger partial charge in [0.15, 0.2) is 0 Å². The highest BCUT2D eigenvalue weighted by Crippen LogP contribution is 2.20. The summed E-state index contributed by atoms with van der Waals surface area (Å²) in [6.45, 7) is 2.90. The maximum absolute atomic E-state index is 3.99. The first-order valence-corrected chi connectivity index (χ1v) is 5.94. The second-order valence-corrected chi connectivity index (χ2v) is 4.53. The summed E-state index contributed by atoms with van der Waals surface area (Å²) in [4.78, 5) is 3.99. The summed E-state index contributed by atoms with van der Waals surface area (Å²) in [5.41, 5.74) is 3.59. The Morgan fingerprint density at radius 2 is 1.94 bits per heavy atom. The lowest BCUT2D eigenvalue weighted by molar-refractivity contribution is 1.13. The Bertz CT molecular complexity index is 469. The van der Waals surface area contributed by atoms with Crippen LogP contribution in [-0.4, -0.2) is 4.98 Å². The van der Waals surface area contributed by atoms with Gasteiger partial charge in [0.25, 0.3) is 0 Å². The van der Waals surface area contributed by atoms with E-state index in [1.54, 1.807) is 0 Å². The van der Waals surface area contributed by atoms with Crippen molar-refractivity contribution in [1.82, 2.24) is 4.98 Å². The molecule has 1 N–H and O–H groups in total. The van der Waals surface area contributed by atoms with E-state index in [2.05, 4.69) is 51.4 Å². The highest BCUT2D eigenvalue weighted by molar-refractivity contribution is 9.10. The molecule has 3 heteroatoms. The molecule has 0 aliphatic rings. The molecule has 0 atom stereocenters. The molecule has 2 rings (SSSR count). The van der Waals surface area contributed by atoms with Crippen molar-refractivity contribution in [1.29, 1.82) is 0 Å². The van der Waals surface area contributed by atoms with Gasteiger partial charge in [-0.1, -0.05) is 22.0 Å². The van der Waals surface area contributed by atoms with Crippen molar-refractivity contribution in [3.8, 4) is 0 Å². The highest BCUT2D eigenvalue weighted by Gasteiger charge is 1.97. The number of benzene rings is 1. The lowest BCUT2D eigenvalue weighted by Crippen LogP contribution is -1.99. The van der Waals surface area contributed by atoms with E-state index < -0.39 is 0 Å². The molecule has 2 nitrogen and oxygen atoms in total. The van der Waals surface area contributed by atoms with Gasteiger partial charge in [-0.3, -0.25) is 4.98 Å². The number of aryl methyl sites for hydroxylation is 1. The Balaban J connectivity index is 2.03. The van der Waals surface area contributed by atoms with Crippen LogP contribution in [0.4, 0.5) is 5.69 Å². The first kappa shape index (κ1) is 11.1. The van der Waals surface area contributed by atoms with E-state index in [1.165, 1.54) is 11.1 Å². The average molecular weight is 277 g/mol. The molecule has 0 unspecified atom stereocenters. The lowest BCUT2D eigenvalue weighted by Gasteiger charge is -2.07. The van der Waals surface area contributed by atoms with Crippen molar-refractivity contribution < 1.29 is 0 Å². The van der Waals surface area contributed by atoms with Crippen molar-refractivity contribution in [2.45, 2.75) is 13.5 Å². The number of hydrogen-bond donors (Lipinski definition) is 1. The Morgan fingerprint density at radius 3 is 2.62 bits per heavy atom. The third-order valence-corrected chi connectivity index (χ3v) is 3.27. The molecule has 0 spiro atoms. The smallest absolute Gasteiger partial charge is 0.0401 e. The van der Waals surface area contributed by atoms with Gasteiger partial charge in [-0.2, -0.15) is 0 Å². The summed E-state index contributed by atoms with van der Waals surface area (Å²) >= 11 is 3.52. The van der Waals surface area contributed by atoms with Gasteiger partial charge in [0.05, 0.1) is 0 Å². The largest absolute Gasteiger partial charge is 0.381 e. The van der Waals surface area contributed by atoms with Crippen molar-refractivity contribution >= 4 is 21.6 Å². The van der Waals surface area contributed by atoms with Gasteiger partial charge in [0, 0.05) is 29.1 Å². The van der Waals surface area contributed by atoms with Crippen molar-refractivity contribution in [3.63, 3.8) is 0 Å². The maximum atomic E-state index is 3.99. The van der Waals surface area contributed by atoms with Crippen LogP contribution in [0.2, 0.25) is 0 Å². The number of hydrogen-bond acceptors (Lipinski definition) is 2. The molecular weight excluding hydrogens is 264 g/mol. The fourth-order valence-corrected chi connectivity index (χ4v) is 1.79. The molecule has 0 amide bonds. The van der Waals surface area contributed by atoms with Crippen LogP contribution in [-0.2, 0) is 6.54 Å². The molecule has 16 heavy (non-hydrogen) atoms. The lowest BCUT2D eigenvalue weighted by atomic mass is 10.2. The van der Waals surface area contributed by atoms with Gasteiger partial charge >= 0.3 is 0 Å². The molecule has 1 aromatic heterocycles. The molecule has 2 aromatic rings. The normalized spacial score (nSPS) is 10.1. The van der Waals surface area contributed by atoms with Gasteiger partial charge in [-0.05, 0) is 42.3 Å². The molecule has 0 fully saturated rings. The SMILES string of the molecule is Cc1ccc(NCc2ccncc2)cc1Br. The zero-order valence-corrected chi connectivity index (χ0v) is 10.7. The van der Waals surface area contributed by atoms with E-state index in [-0.39, 0.29) is 0 Å². The molecule has 0 aliphatic heterocycles.